The standard InChI is InChI=1S/C17H21N3O2S/c1-22-14-8-6-13(7-9-14)15-5-3-2-4-11-20(15)17(21)19-16-18-10-12-23-16/h6-10,12,15H,2-5,11H2,1H3,(H,18,19,21)/t15-/m1/s1. The Balaban J connectivity index is 1.80. The molecule has 1 aromatic carbocycles. The van der Waals surface area contributed by atoms with E-state index in [2.05, 4.69) is 22.4 Å². The molecule has 0 radical (unpaired) electrons. The Bertz CT molecular complexity index is 628. The van der Waals surface area contributed by atoms with E-state index in [0.717, 1.165) is 43.5 Å². The second kappa shape index (κ2) is 7.46. The maximum absolute atomic E-state index is 12.7. The summed E-state index contributed by atoms with van der Waals surface area (Å²) < 4.78 is 5.23. The van der Waals surface area contributed by atoms with Gasteiger partial charge in [-0.3, -0.25) is 5.32 Å². The average molecular weight is 331 g/mol. The van der Waals surface area contributed by atoms with Crippen molar-refractivity contribution in [1.82, 2.24) is 9.88 Å². The number of carbonyl (C=O) groups excluding carboxylic acids is 1. The van der Waals surface area contributed by atoms with Crippen LogP contribution in [0.15, 0.2) is 35.8 Å². The lowest BCUT2D eigenvalue weighted by Gasteiger charge is -2.30. The summed E-state index contributed by atoms with van der Waals surface area (Å²) in [5.74, 6) is 0.834. The molecule has 1 N–H and O–H groups in total. The van der Waals surface area contributed by atoms with Crippen LogP contribution < -0.4 is 10.1 Å². The Labute approximate surface area is 140 Å². The molecule has 23 heavy (non-hydrogen) atoms. The molecule has 2 aromatic rings. The summed E-state index contributed by atoms with van der Waals surface area (Å²) in [6, 6.07) is 8.05. The number of carbonyl (C=O) groups is 1. The van der Waals surface area contributed by atoms with Gasteiger partial charge in [0.15, 0.2) is 5.13 Å². The number of methoxy groups -OCH3 is 1. The highest BCUT2D eigenvalue weighted by molar-refractivity contribution is 7.13. The Morgan fingerprint density at radius 1 is 1.30 bits per heavy atom. The van der Waals surface area contributed by atoms with Crippen LogP contribution in [0.2, 0.25) is 0 Å². The maximum atomic E-state index is 12.7. The monoisotopic (exact) mass is 331 g/mol. The quantitative estimate of drug-likeness (QED) is 0.912. The zero-order valence-corrected chi connectivity index (χ0v) is 14.0. The minimum atomic E-state index is -0.0670. The Morgan fingerprint density at radius 2 is 2.13 bits per heavy atom. The van der Waals surface area contributed by atoms with Gasteiger partial charge in [0, 0.05) is 18.1 Å². The van der Waals surface area contributed by atoms with E-state index in [4.69, 9.17) is 4.74 Å². The van der Waals surface area contributed by atoms with E-state index < -0.39 is 0 Å². The van der Waals surface area contributed by atoms with Crippen LogP contribution in [-0.2, 0) is 0 Å². The summed E-state index contributed by atoms with van der Waals surface area (Å²) in [6.07, 6.45) is 6.02. The number of rotatable bonds is 3. The van der Waals surface area contributed by atoms with Crippen molar-refractivity contribution >= 4 is 22.5 Å². The number of hydrogen-bond donors (Lipinski definition) is 1. The van der Waals surface area contributed by atoms with Crippen LogP contribution in [0.25, 0.3) is 0 Å². The van der Waals surface area contributed by atoms with Gasteiger partial charge in [-0.2, -0.15) is 0 Å². The van der Waals surface area contributed by atoms with Gasteiger partial charge in [0.25, 0.3) is 0 Å². The number of benzene rings is 1. The van der Waals surface area contributed by atoms with Crippen LogP contribution >= 0.6 is 11.3 Å². The van der Waals surface area contributed by atoms with Gasteiger partial charge >= 0.3 is 6.03 Å². The van der Waals surface area contributed by atoms with Crippen molar-refractivity contribution in [3.8, 4) is 5.75 Å². The summed E-state index contributed by atoms with van der Waals surface area (Å²) in [7, 11) is 1.66. The van der Waals surface area contributed by atoms with Crippen LogP contribution in [0.4, 0.5) is 9.93 Å². The van der Waals surface area contributed by atoms with Crippen LogP contribution in [-0.4, -0.2) is 29.6 Å². The molecule has 1 aromatic heterocycles. The minimum absolute atomic E-state index is 0.0670. The molecule has 1 fully saturated rings. The first-order chi connectivity index (χ1) is 11.3. The van der Waals surface area contributed by atoms with Crippen LogP contribution in [0.1, 0.15) is 37.3 Å². The summed E-state index contributed by atoms with van der Waals surface area (Å²) in [4.78, 5) is 18.8. The highest BCUT2D eigenvalue weighted by atomic mass is 32.1. The second-order valence-electron chi connectivity index (χ2n) is 5.60. The highest BCUT2D eigenvalue weighted by Gasteiger charge is 2.27. The molecule has 6 heteroatoms. The van der Waals surface area contributed by atoms with Crippen molar-refractivity contribution in [3.05, 3.63) is 41.4 Å². The van der Waals surface area contributed by atoms with E-state index in [1.54, 1.807) is 13.3 Å². The lowest BCUT2D eigenvalue weighted by Crippen LogP contribution is -2.38. The van der Waals surface area contributed by atoms with Gasteiger partial charge in [-0.05, 0) is 30.5 Å². The maximum Gasteiger partial charge on any atom is 0.324 e. The normalized spacial score (nSPS) is 18.3. The molecule has 1 atom stereocenters. The number of nitrogens with one attached hydrogen (secondary N) is 1. The Hall–Kier alpha value is -2.08. The van der Waals surface area contributed by atoms with Crippen molar-refractivity contribution in [2.75, 3.05) is 19.0 Å². The molecule has 2 amide bonds. The zero-order chi connectivity index (χ0) is 16.1. The number of hydrogen-bond acceptors (Lipinski definition) is 4. The average Bonchev–Trinajstić information content (AvgIpc) is 2.96. The predicted octanol–water partition coefficient (Wildman–Crippen LogP) is 4.30. The van der Waals surface area contributed by atoms with Gasteiger partial charge in [-0.25, -0.2) is 9.78 Å². The number of aromatic nitrogens is 1. The molecule has 0 saturated carbocycles. The van der Waals surface area contributed by atoms with E-state index in [1.807, 2.05) is 22.4 Å². The Kier molecular flexibility index (Phi) is 5.12. The number of urea groups is 1. The van der Waals surface area contributed by atoms with Crippen LogP contribution in [0, 0.1) is 0 Å². The van der Waals surface area contributed by atoms with Crippen molar-refractivity contribution in [3.63, 3.8) is 0 Å². The summed E-state index contributed by atoms with van der Waals surface area (Å²) in [5.41, 5.74) is 1.15. The number of amides is 2. The highest BCUT2D eigenvalue weighted by Crippen LogP contribution is 2.31. The third-order valence-corrected chi connectivity index (χ3v) is 4.85. The third-order valence-electron chi connectivity index (χ3n) is 4.16. The molecular weight excluding hydrogens is 310 g/mol. The molecule has 0 spiro atoms. The first kappa shape index (κ1) is 15.8. The number of anilines is 1. The Morgan fingerprint density at radius 3 is 2.83 bits per heavy atom. The topological polar surface area (TPSA) is 54.5 Å². The fourth-order valence-corrected chi connectivity index (χ4v) is 3.49. The van der Waals surface area contributed by atoms with Gasteiger partial charge in [0.2, 0.25) is 0 Å². The van der Waals surface area contributed by atoms with E-state index in [1.165, 1.54) is 11.3 Å². The summed E-state index contributed by atoms with van der Waals surface area (Å²) >= 11 is 1.44. The molecular formula is C17H21N3O2S. The lowest BCUT2D eigenvalue weighted by molar-refractivity contribution is 0.189. The first-order valence-electron chi connectivity index (χ1n) is 7.89. The predicted molar refractivity (Wildman–Crippen MR) is 92.0 cm³/mol. The minimum Gasteiger partial charge on any atom is -0.497 e. The molecule has 2 heterocycles. The van der Waals surface area contributed by atoms with Crippen LogP contribution in [0.3, 0.4) is 0 Å². The molecule has 1 saturated heterocycles. The SMILES string of the molecule is COc1ccc([C@H]2CCCCCN2C(=O)Nc2nccs2)cc1. The van der Waals surface area contributed by atoms with Gasteiger partial charge in [-0.15, -0.1) is 11.3 Å². The number of likely N-dealkylation sites (tertiary alicyclic amines) is 1. The van der Waals surface area contributed by atoms with E-state index in [-0.39, 0.29) is 12.1 Å². The number of nitrogens with zero attached hydrogens (tertiary/aromatic N) is 2. The van der Waals surface area contributed by atoms with Gasteiger partial charge in [0.1, 0.15) is 5.75 Å². The molecule has 0 aliphatic carbocycles. The smallest absolute Gasteiger partial charge is 0.324 e. The van der Waals surface area contributed by atoms with Gasteiger partial charge < -0.3 is 9.64 Å². The lowest BCUT2D eigenvalue weighted by atomic mass is 10.0. The summed E-state index contributed by atoms with van der Waals surface area (Å²) in [6.45, 7) is 0.772. The molecule has 5 nitrogen and oxygen atoms in total. The van der Waals surface area contributed by atoms with Crippen molar-refractivity contribution in [2.24, 2.45) is 0 Å². The molecule has 1 aliphatic heterocycles. The molecule has 122 valence electrons. The number of ether oxygens (including phenoxy) is 1. The van der Waals surface area contributed by atoms with Crippen molar-refractivity contribution in [1.29, 1.82) is 0 Å². The molecule has 1 aliphatic rings. The first-order valence-corrected chi connectivity index (χ1v) is 8.77. The zero-order valence-electron chi connectivity index (χ0n) is 13.2. The largest absolute Gasteiger partial charge is 0.497 e. The van der Waals surface area contributed by atoms with Gasteiger partial charge in [0.05, 0.1) is 13.2 Å². The molecule has 0 unspecified atom stereocenters. The van der Waals surface area contributed by atoms with E-state index in [0.29, 0.717) is 5.13 Å². The van der Waals surface area contributed by atoms with E-state index >= 15 is 0 Å². The summed E-state index contributed by atoms with van der Waals surface area (Å²) in [5, 5.41) is 5.42. The van der Waals surface area contributed by atoms with Crippen LogP contribution in [0.5, 0.6) is 5.75 Å². The van der Waals surface area contributed by atoms with E-state index in [9.17, 15) is 4.79 Å². The van der Waals surface area contributed by atoms with Crippen molar-refractivity contribution in [2.45, 2.75) is 31.7 Å². The second-order valence-corrected chi connectivity index (χ2v) is 6.49. The van der Waals surface area contributed by atoms with Gasteiger partial charge in [-0.1, -0.05) is 25.0 Å². The molecule has 0 bridgehead atoms. The van der Waals surface area contributed by atoms with Crippen molar-refractivity contribution < 1.29 is 9.53 Å². The molecule has 3 rings (SSSR count). The third kappa shape index (κ3) is 3.82. The fraction of sp³-hybridized carbons (Fsp3) is 0.412. The fourth-order valence-electron chi connectivity index (χ4n) is 2.97. The number of thiazole rings is 1.